The molecule has 77 valence electrons. The third kappa shape index (κ3) is 6.53. The van der Waals surface area contributed by atoms with Crippen molar-refractivity contribution in [1.29, 1.82) is 0 Å². The molecule has 13 heavy (non-hydrogen) atoms. The van der Waals surface area contributed by atoms with Crippen LogP contribution in [0.5, 0.6) is 0 Å². The molecule has 0 bridgehead atoms. The second-order valence-corrected chi connectivity index (χ2v) is 4.86. The summed E-state index contributed by atoms with van der Waals surface area (Å²) in [6.45, 7) is 6.36. The monoisotopic (exact) mass is 208 g/mol. The largest absolute Gasteiger partial charge is 0.350 e. The van der Waals surface area contributed by atoms with Gasteiger partial charge in [0.15, 0.2) is 0 Å². The van der Waals surface area contributed by atoms with Crippen molar-refractivity contribution in [3.8, 4) is 0 Å². The normalized spacial score (nSPS) is 12.6. The van der Waals surface area contributed by atoms with E-state index in [1.54, 1.807) is 0 Å². The number of carbonyl (C=O) groups is 1. The predicted molar refractivity (Wildman–Crippen MR) is 48.6 cm³/mol. The lowest BCUT2D eigenvalue weighted by Crippen LogP contribution is -2.48. The summed E-state index contributed by atoms with van der Waals surface area (Å²) in [5, 5.41) is 2.42. The molecule has 1 radical (unpaired) electrons. The van der Waals surface area contributed by atoms with Gasteiger partial charge in [0, 0.05) is 6.42 Å². The summed E-state index contributed by atoms with van der Waals surface area (Å²) in [5.74, 6) is -0.861. The SMILES string of the molecule is [CH2]CC(=O)NC(C)(C)CS(=O)(=O)O. The smallest absolute Gasteiger partial charge is 0.267 e. The van der Waals surface area contributed by atoms with Crippen LogP contribution in [0.15, 0.2) is 0 Å². The van der Waals surface area contributed by atoms with Crippen molar-refractivity contribution in [2.75, 3.05) is 5.75 Å². The van der Waals surface area contributed by atoms with Crippen LogP contribution >= 0.6 is 0 Å². The molecule has 0 saturated carbocycles. The minimum absolute atomic E-state index is 0.0366. The molecule has 5 nitrogen and oxygen atoms in total. The van der Waals surface area contributed by atoms with E-state index in [9.17, 15) is 13.2 Å². The van der Waals surface area contributed by atoms with E-state index in [-0.39, 0.29) is 12.3 Å². The number of carbonyl (C=O) groups excluding carboxylic acids is 1. The van der Waals surface area contributed by atoms with Crippen molar-refractivity contribution in [3.63, 3.8) is 0 Å². The summed E-state index contributed by atoms with van der Waals surface area (Å²) in [7, 11) is -4.07. The van der Waals surface area contributed by atoms with Crippen LogP contribution in [0.1, 0.15) is 20.3 Å². The number of rotatable bonds is 4. The molecule has 6 heteroatoms. The molecule has 0 unspecified atom stereocenters. The number of amides is 1. The zero-order valence-corrected chi connectivity index (χ0v) is 8.52. The molecular weight excluding hydrogens is 194 g/mol. The highest BCUT2D eigenvalue weighted by Crippen LogP contribution is 2.05. The Hall–Kier alpha value is -0.620. The number of nitrogens with one attached hydrogen (secondary N) is 1. The Morgan fingerprint density at radius 3 is 2.31 bits per heavy atom. The fourth-order valence-electron chi connectivity index (χ4n) is 0.932. The first-order valence-corrected chi connectivity index (χ1v) is 5.32. The van der Waals surface area contributed by atoms with Gasteiger partial charge in [-0.3, -0.25) is 9.35 Å². The molecular formula is C7H14NO4S. The Morgan fingerprint density at radius 1 is 1.54 bits per heavy atom. The van der Waals surface area contributed by atoms with Gasteiger partial charge in [-0.2, -0.15) is 8.42 Å². The molecule has 0 rings (SSSR count). The summed E-state index contributed by atoms with van der Waals surface area (Å²) in [6.07, 6.45) is 0.0366. The van der Waals surface area contributed by atoms with Crippen LogP contribution in [-0.2, 0) is 14.9 Å². The maximum absolute atomic E-state index is 10.9. The lowest BCUT2D eigenvalue weighted by molar-refractivity contribution is -0.121. The minimum atomic E-state index is -4.07. The fourth-order valence-corrected chi connectivity index (χ4v) is 1.92. The van der Waals surface area contributed by atoms with Crippen LogP contribution in [-0.4, -0.2) is 30.2 Å². The van der Waals surface area contributed by atoms with E-state index < -0.39 is 21.4 Å². The molecule has 0 aliphatic carbocycles. The summed E-state index contributed by atoms with van der Waals surface area (Å²) in [4.78, 5) is 10.9. The molecule has 0 aliphatic rings. The third-order valence-corrected chi connectivity index (χ3v) is 2.33. The highest BCUT2D eigenvalue weighted by Gasteiger charge is 2.25. The third-order valence-electron chi connectivity index (χ3n) is 1.25. The molecule has 0 aliphatic heterocycles. The molecule has 0 saturated heterocycles. The first-order chi connectivity index (χ1) is 5.66. The molecule has 0 aromatic rings. The van der Waals surface area contributed by atoms with Crippen molar-refractivity contribution in [2.24, 2.45) is 0 Å². The zero-order chi connectivity index (χ0) is 10.7. The Kier molecular flexibility index (Phi) is 3.87. The van der Waals surface area contributed by atoms with Gasteiger partial charge in [0.25, 0.3) is 10.1 Å². The van der Waals surface area contributed by atoms with Crippen LogP contribution < -0.4 is 5.32 Å². The lowest BCUT2D eigenvalue weighted by Gasteiger charge is -2.24. The first-order valence-electron chi connectivity index (χ1n) is 3.72. The summed E-state index contributed by atoms with van der Waals surface area (Å²) in [5.41, 5.74) is -0.970. The average molecular weight is 208 g/mol. The minimum Gasteiger partial charge on any atom is -0.350 e. The maximum atomic E-state index is 10.9. The summed E-state index contributed by atoms with van der Waals surface area (Å²) in [6, 6.07) is 0. The van der Waals surface area contributed by atoms with E-state index >= 15 is 0 Å². The van der Waals surface area contributed by atoms with Crippen molar-refractivity contribution >= 4 is 16.0 Å². The van der Waals surface area contributed by atoms with Crippen molar-refractivity contribution in [1.82, 2.24) is 5.32 Å². The Morgan fingerprint density at radius 2 is 2.00 bits per heavy atom. The van der Waals surface area contributed by atoms with Gasteiger partial charge in [0.05, 0.1) is 11.3 Å². The molecule has 0 spiro atoms. The van der Waals surface area contributed by atoms with E-state index in [4.69, 9.17) is 4.55 Å². The van der Waals surface area contributed by atoms with Gasteiger partial charge in [-0.15, -0.1) is 0 Å². The molecule has 0 fully saturated rings. The Labute approximate surface area is 78.3 Å². The predicted octanol–water partition coefficient (Wildman–Crippen LogP) is -0.00681. The van der Waals surface area contributed by atoms with Gasteiger partial charge in [-0.1, -0.05) is 0 Å². The molecule has 1 amide bonds. The lowest BCUT2D eigenvalue weighted by atomic mass is 10.1. The van der Waals surface area contributed by atoms with Gasteiger partial charge in [-0.25, -0.2) is 0 Å². The van der Waals surface area contributed by atoms with Gasteiger partial charge >= 0.3 is 0 Å². The Bertz CT molecular complexity index is 281. The van der Waals surface area contributed by atoms with E-state index in [0.29, 0.717) is 0 Å². The summed E-state index contributed by atoms with van der Waals surface area (Å²) >= 11 is 0. The topological polar surface area (TPSA) is 83.5 Å². The highest BCUT2D eigenvalue weighted by molar-refractivity contribution is 7.85. The first kappa shape index (κ1) is 12.4. The standard InChI is InChI=1S/C7H14NO4S/c1-4-6(9)8-7(2,3)5-13(10,11)12/h1,4-5H2,2-3H3,(H,8,9)(H,10,11,12). The summed E-state index contributed by atoms with van der Waals surface area (Å²) < 4.78 is 29.6. The molecule has 0 aromatic heterocycles. The zero-order valence-electron chi connectivity index (χ0n) is 7.70. The fraction of sp³-hybridized carbons (Fsp3) is 0.714. The van der Waals surface area contributed by atoms with Gasteiger partial charge in [-0.05, 0) is 20.8 Å². The number of hydrogen-bond donors (Lipinski definition) is 2. The molecule has 2 N–H and O–H groups in total. The van der Waals surface area contributed by atoms with Crippen LogP contribution in [0.3, 0.4) is 0 Å². The second-order valence-electron chi connectivity index (χ2n) is 3.41. The van der Waals surface area contributed by atoms with Crippen LogP contribution in [0, 0.1) is 6.92 Å². The average Bonchev–Trinajstić information content (AvgIpc) is 1.80. The van der Waals surface area contributed by atoms with Crippen LogP contribution in [0.4, 0.5) is 0 Å². The second kappa shape index (κ2) is 4.06. The Balaban J connectivity index is 4.33. The number of hydrogen-bond acceptors (Lipinski definition) is 3. The van der Waals surface area contributed by atoms with E-state index in [0.717, 1.165) is 0 Å². The molecule has 0 atom stereocenters. The molecule has 0 heterocycles. The molecule has 0 aromatic carbocycles. The van der Waals surface area contributed by atoms with Crippen molar-refractivity contribution < 1.29 is 17.8 Å². The van der Waals surface area contributed by atoms with E-state index in [1.807, 2.05) is 0 Å². The van der Waals surface area contributed by atoms with Crippen LogP contribution in [0.2, 0.25) is 0 Å². The van der Waals surface area contributed by atoms with Gasteiger partial charge < -0.3 is 5.32 Å². The van der Waals surface area contributed by atoms with E-state index in [1.165, 1.54) is 13.8 Å². The van der Waals surface area contributed by atoms with Crippen LogP contribution in [0.25, 0.3) is 0 Å². The van der Waals surface area contributed by atoms with Crippen molar-refractivity contribution in [2.45, 2.75) is 25.8 Å². The highest BCUT2D eigenvalue weighted by atomic mass is 32.2. The van der Waals surface area contributed by atoms with Gasteiger partial charge in [0.1, 0.15) is 0 Å². The quantitative estimate of drug-likeness (QED) is 0.637. The van der Waals surface area contributed by atoms with E-state index in [2.05, 4.69) is 12.2 Å². The van der Waals surface area contributed by atoms with Gasteiger partial charge in [0.2, 0.25) is 5.91 Å². The maximum Gasteiger partial charge on any atom is 0.267 e. The van der Waals surface area contributed by atoms with Crippen molar-refractivity contribution in [3.05, 3.63) is 6.92 Å².